The quantitative estimate of drug-likeness (QED) is 0.784. The highest BCUT2D eigenvalue weighted by atomic mass is 19.3. The first kappa shape index (κ1) is 12.2. The molecule has 6 heteroatoms. The number of nitrogens with zero attached hydrogens (tertiary/aromatic N) is 2. The number of ketones is 1. The van der Waals surface area contributed by atoms with Gasteiger partial charge in [0.05, 0.1) is 5.56 Å². The van der Waals surface area contributed by atoms with Crippen LogP contribution >= 0.6 is 0 Å². The van der Waals surface area contributed by atoms with Crippen molar-refractivity contribution in [1.82, 2.24) is 9.78 Å². The summed E-state index contributed by atoms with van der Waals surface area (Å²) in [4.78, 5) is 12.1. The van der Waals surface area contributed by atoms with E-state index in [9.17, 15) is 13.6 Å². The number of rotatable bonds is 4. The molecule has 1 aromatic heterocycles. The van der Waals surface area contributed by atoms with Gasteiger partial charge in [0.25, 0.3) is 0 Å². The summed E-state index contributed by atoms with van der Waals surface area (Å²) in [5.74, 6) is -0.551. The number of carbonyl (C=O) groups is 1. The van der Waals surface area contributed by atoms with Gasteiger partial charge in [-0.25, -0.2) is 0 Å². The monoisotopic (exact) mass is 252 g/mol. The van der Waals surface area contributed by atoms with E-state index in [1.807, 2.05) is 0 Å². The van der Waals surface area contributed by atoms with Gasteiger partial charge in [0.2, 0.25) is 5.78 Å². The molecule has 1 aromatic carbocycles. The largest absolute Gasteiger partial charge is 0.434 e. The Bertz CT molecular complexity index is 567. The number of aryl methyl sites for hydroxylation is 1. The summed E-state index contributed by atoms with van der Waals surface area (Å²) < 4.78 is 30.2. The van der Waals surface area contributed by atoms with Crippen molar-refractivity contribution in [3.05, 3.63) is 47.8 Å². The van der Waals surface area contributed by atoms with Gasteiger partial charge in [-0.15, -0.1) is 0 Å². The molecule has 0 aliphatic carbocycles. The number of para-hydroxylation sites is 1. The maximum atomic E-state index is 12.2. The molecule has 0 spiro atoms. The molecule has 0 radical (unpaired) electrons. The molecule has 94 valence electrons. The van der Waals surface area contributed by atoms with Crippen molar-refractivity contribution in [3.63, 3.8) is 0 Å². The van der Waals surface area contributed by atoms with Crippen LogP contribution in [0.4, 0.5) is 8.78 Å². The third kappa shape index (κ3) is 2.37. The number of aromatic nitrogens is 2. The second kappa shape index (κ2) is 4.95. The molecule has 0 unspecified atom stereocenters. The maximum absolute atomic E-state index is 12.2. The number of alkyl halides is 2. The maximum Gasteiger partial charge on any atom is 0.387 e. The van der Waals surface area contributed by atoms with Crippen LogP contribution in [0.15, 0.2) is 36.5 Å². The summed E-state index contributed by atoms with van der Waals surface area (Å²) in [6.45, 7) is -2.97. The molecular formula is C12H10F2N2O2. The number of hydrogen-bond donors (Lipinski definition) is 0. The molecule has 4 nitrogen and oxygen atoms in total. The van der Waals surface area contributed by atoms with Gasteiger partial charge in [-0.05, 0) is 18.2 Å². The van der Waals surface area contributed by atoms with E-state index in [4.69, 9.17) is 0 Å². The van der Waals surface area contributed by atoms with Crippen LogP contribution in [0.1, 0.15) is 16.1 Å². The first-order valence-corrected chi connectivity index (χ1v) is 5.16. The van der Waals surface area contributed by atoms with Gasteiger partial charge < -0.3 is 4.74 Å². The highest BCUT2D eigenvalue weighted by Gasteiger charge is 2.18. The Kier molecular flexibility index (Phi) is 3.36. The molecule has 2 rings (SSSR count). The van der Waals surface area contributed by atoms with E-state index < -0.39 is 12.4 Å². The van der Waals surface area contributed by atoms with Gasteiger partial charge in [-0.2, -0.15) is 13.9 Å². The SMILES string of the molecule is Cn1nccc1C(=O)c1ccccc1OC(F)F. The minimum Gasteiger partial charge on any atom is -0.434 e. The third-order valence-corrected chi connectivity index (χ3v) is 2.40. The van der Waals surface area contributed by atoms with Crippen molar-refractivity contribution in [2.45, 2.75) is 6.61 Å². The molecule has 2 aromatic rings. The predicted octanol–water partition coefficient (Wildman–Crippen LogP) is 2.25. The Balaban J connectivity index is 2.39. The molecule has 0 fully saturated rings. The average Bonchev–Trinajstić information content (AvgIpc) is 2.74. The number of hydrogen-bond acceptors (Lipinski definition) is 3. The summed E-state index contributed by atoms with van der Waals surface area (Å²) >= 11 is 0. The lowest BCUT2D eigenvalue weighted by molar-refractivity contribution is -0.0501. The zero-order valence-corrected chi connectivity index (χ0v) is 9.51. The van der Waals surface area contributed by atoms with E-state index in [1.54, 1.807) is 13.1 Å². The van der Waals surface area contributed by atoms with E-state index in [-0.39, 0.29) is 11.3 Å². The lowest BCUT2D eigenvalue weighted by Crippen LogP contribution is -2.11. The summed E-state index contributed by atoms with van der Waals surface area (Å²) in [7, 11) is 1.60. The number of ether oxygens (including phenoxy) is 1. The summed E-state index contributed by atoms with van der Waals surface area (Å²) in [5, 5.41) is 3.86. The molecule has 18 heavy (non-hydrogen) atoms. The minimum atomic E-state index is -2.97. The van der Waals surface area contributed by atoms with Crippen LogP contribution in [0.2, 0.25) is 0 Å². The molecule has 0 amide bonds. The van der Waals surface area contributed by atoms with Gasteiger partial charge >= 0.3 is 6.61 Å². The third-order valence-electron chi connectivity index (χ3n) is 2.40. The fourth-order valence-corrected chi connectivity index (χ4v) is 1.59. The molecule has 0 bridgehead atoms. The number of benzene rings is 1. The molecule has 0 aliphatic rings. The van der Waals surface area contributed by atoms with Crippen LogP contribution in [-0.2, 0) is 7.05 Å². The van der Waals surface area contributed by atoms with Crippen molar-refractivity contribution < 1.29 is 18.3 Å². The van der Waals surface area contributed by atoms with Crippen LogP contribution in [0.3, 0.4) is 0 Å². The summed E-state index contributed by atoms with van der Waals surface area (Å²) in [5.41, 5.74) is 0.390. The molecule has 0 N–H and O–H groups in total. The first-order valence-electron chi connectivity index (χ1n) is 5.16. The fourth-order valence-electron chi connectivity index (χ4n) is 1.59. The molecule has 0 saturated carbocycles. The highest BCUT2D eigenvalue weighted by Crippen LogP contribution is 2.22. The highest BCUT2D eigenvalue weighted by molar-refractivity contribution is 6.09. The van der Waals surface area contributed by atoms with Gasteiger partial charge in [0.1, 0.15) is 11.4 Å². The molecular weight excluding hydrogens is 242 g/mol. The van der Waals surface area contributed by atoms with E-state index in [2.05, 4.69) is 9.84 Å². The lowest BCUT2D eigenvalue weighted by Gasteiger charge is -2.09. The van der Waals surface area contributed by atoms with Crippen molar-refractivity contribution >= 4 is 5.78 Å². The van der Waals surface area contributed by atoms with Gasteiger partial charge in [0.15, 0.2) is 0 Å². The molecule has 1 heterocycles. The van der Waals surface area contributed by atoms with Crippen molar-refractivity contribution in [2.24, 2.45) is 7.05 Å². The fraction of sp³-hybridized carbons (Fsp3) is 0.167. The Morgan fingerprint density at radius 1 is 1.33 bits per heavy atom. The topological polar surface area (TPSA) is 44.1 Å². The second-order valence-corrected chi connectivity index (χ2v) is 3.54. The predicted molar refractivity (Wildman–Crippen MR) is 59.7 cm³/mol. The van der Waals surface area contributed by atoms with Crippen LogP contribution in [0, 0.1) is 0 Å². The summed E-state index contributed by atoms with van der Waals surface area (Å²) in [6.07, 6.45) is 1.46. The van der Waals surface area contributed by atoms with Crippen molar-refractivity contribution in [3.8, 4) is 5.75 Å². The van der Waals surface area contributed by atoms with Gasteiger partial charge in [0, 0.05) is 13.2 Å². The van der Waals surface area contributed by atoms with E-state index in [1.165, 1.54) is 35.1 Å². The molecule has 0 atom stereocenters. The minimum absolute atomic E-state index is 0.0846. The first-order chi connectivity index (χ1) is 8.59. The van der Waals surface area contributed by atoms with Crippen LogP contribution in [-0.4, -0.2) is 22.2 Å². The van der Waals surface area contributed by atoms with Gasteiger partial charge in [-0.1, -0.05) is 12.1 Å². The van der Waals surface area contributed by atoms with E-state index in [0.29, 0.717) is 5.69 Å². The Labute approximate surface area is 102 Å². The van der Waals surface area contributed by atoms with Crippen molar-refractivity contribution in [1.29, 1.82) is 0 Å². The Morgan fingerprint density at radius 2 is 2.06 bits per heavy atom. The smallest absolute Gasteiger partial charge is 0.387 e. The zero-order chi connectivity index (χ0) is 13.1. The van der Waals surface area contributed by atoms with Crippen molar-refractivity contribution in [2.75, 3.05) is 0 Å². The Hall–Kier alpha value is -2.24. The number of halogens is 2. The average molecular weight is 252 g/mol. The Morgan fingerprint density at radius 3 is 2.67 bits per heavy atom. The normalized spacial score (nSPS) is 10.7. The van der Waals surface area contributed by atoms with Crippen LogP contribution < -0.4 is 4.74 Å². The number of carbonyl (C=O) groups excluding carboxylic acids is 1. The standard InChI is InChI=1S/C12H10F2N2O2/c1-16-9(6-7-15-16)11(17)8-4-2-3-5-10(8)18-12(13)14/h2-7,12H,1H3. The van der Waals surface area contributed by atoms with E-state index in [0.717, 1.165) is 0 Å². The second-order valence-electron chi connectivity index (χ2n) is 3.54. The van der Waals surface area contributed by atoms with E-state index >= 15 is 0 Å². The molecule has 0 aliphatic heterocycles. The van der Waals surface area contributed by atoms with Crippen LogP contribution in [0.25, 0.3) is 0 Å². The summed E-state index contributed by atoms with van der Waals surface area (Å²) in [6, 6.07) is 7.39. The molecule has 0 saturated heterocycles. The lowest BCUT2D eigenvalue weighted by atomic mass is 10.1. The van der Waals surface area contributed by atoms with Gasteiger partial charge in [-0.3, -0.25) is 9.48 Å². The zero-order valence-electron chi connectivity index (χ0n) is 9.51. The van der Waals surface area contributed by atoms with Crippen LogP contribution in [0.5, 0.6) is 5.75 Å².